The van der Waals surface area contributed by atoms with Crippen molar-refractivity contribution in [1.82, 2.24) is 15.3 Å². The third kappa shape index (κ3) is 3.62. The van der Waals surface area contributed by atoms with Gasteiger partial charge < -0.3 is 5.32 Å². The summed E-state index contributed by atoms with van der Waals surface area (Å²) in [6.45, 7) is 5.29. The van der Waals surface area contributed by atoms with Crippen LogP contribution in [0.25, 0.3) is 0 Å². The predicted octanol–water partition coefficient (Wildman–Crippen LogP) is 3.13. The van der Waals surface area contributed by atoms with E-state index in [0.717, 1.165) is 30.1 Å². The van der Waals surface area contributed by atoms with Crippen molar-refractivity contribution >= 4 is 11.3 Å². The minimum Gasteiger partial charge on any atom is -0.308 e. The zero-order valence-corrected chi connectivity index (χ0v) is 11.7. The Balaban J connectivity index is 2.13. The third-order valence-electron chi connectivity index (χ3n) is 2.80. The fourth-order valence-electron chi connectivity index (χ4n) is 1.88. The fourth-order valence-corrected chi connectivity index (χ4v) is 2.54. The summed E-state index contributed by atoms with van der Waals surface area (Å²) in [6.07, 6.45) is 5.78. The molecule has 1 atom stereocenters. The number of nitrogens with one attached hydrogen (secondary N) is 1. The smallest absolute Gasteiger partial charge is 0.0944 e. The number of rotatable bonds is 6. The van der Waals surface area contributed by atoms with E-state index in [4.69, 9.17) is 0 Å². The van der Waals surface area contributed by atoms with Crippen LogP contribution < -0.4 is 5.32 Å². The second kappa shape index (κ2) is 6.61. The van der Waals surface area contributed by atoms with Crippen molar-refractivity contribution in [2.24, 2.45) is 0 Å². The highest BCUT2D eigenvalue weighted by Gasteiger charge is 2.14. The molecule has 0 aliphatic heterocycles. The fraction of sp³-hybridized carbons (Fsp3) is 0.429. The van der Waals surface area contributed by atoms with Crippen molar-refractivity contribution in [3.63, 3.8) is 0 Å². The lowest BCUT2D eigenvalue weighted by molar-refractivity contribution is 0.516. The number of aromatic nitrogens is 2. The summed E-state index contributed by atoms with van der Waals surface area (Å²) in [4.78, 5) is 8.85. The number of aryl methyl sites for hydroxylation is 1. The molecule has 0 aliphatic rings. The molecule has 2 rings (SSSR count). The Labute approximate surface area is 112 Å². The minimum absolute atomic E-state index is 0.260. The van der Waals surface area contributed by atoms with Gasteiger partial charge in [0, 0.05) is 24.2 Å². The largest absolute Gasteiger partial charge is 0.308 e. The molecule has 0 bridgehead atoms. The van der Waals surface area contributed by atoms with Crippen LogP contribution in [0.2, 0.25) is 0 Å². The Morgan fingerprint density at radius 3 is 2.89 bits per heavy atom. The Hall–Kier alpha value is -1.26. The molecule has 0 saturated carbocycles. The predicted molar refractivity (Wildman–Crippen MR) is 75.8 cm³/mol. The van der Waals surface area contributed by atoms with E-state index in [0.29, 0.717) is 0 Å². The van der Waals surface area contributed by atoms with Crippen LogP contribution in [0.15, 0.2) is 29.9 Å². The molecular formula is C14H19N3S. The van der Waals surface area contributed by atoms with Gasteiger partial charge in [-0.2, -0.15) is 0 Å². The SMILES string of the molecule is CCCNC(Cc1nccs1)c1cc(C)ccn1. The van der Waals surface area contributed by atoms with Gasteiger partial charge >= 0.3 is 0 Å². The number of hydrogen-bond acceptors (Lipinski definition) is 4. The molecule has 2 heterocycles. The van der Waals surface area contributed by atoms with Gasteiger partial charge in [-0.25, -0.2) is 4.98 Å². The molecule has 0 spiro atoms. The highest BCUT2D eigenvalue weighted by atomic mass is 32.1. The Bertz CT molecular complexity index is 468. The van der Waals surface area contributed by atoms with Crippen LogP contribution in [0.1, 0.15) is 35.7 Å². The number of nitrogens with zero attached hydrogens (tertiary/aromatic N) is 2. The lowest BCUT2D eigenvalue weighted by Crippen LogP contribution is -2.25. The molecule has 3 nitrogen and oxygen atoms in total. The molecule has 18 heavy (non-hydrogen) atoms. The molecule has 2 aromatic heterocycles. The molecule has 0 aromatic carbocycles. The van der Waals surface area contributed by atoms with Crippen LogP contribution in [0, 0.1) is 6.92 Å². The van der Waals surface area contributed by atoms with Crippen molar-refractivity contribution in [1.29, 1.82) is 0 Å². The maximum absolute atomic E-state index is 4.49. The molecule has 4 heteroatoms. The Morgan fingerprint density at radius 1 is 1.33 bits per heavy atom. The maximum atomic E-state index is 4.49. The highest BCUT2D eigenvalue weighted by molar-refractivity contribution is 7.09. The average molecular weight is 261 g/mol. The van der Waals surface area contributed by atoms with Gasteiger partial charge in [0.15, 0.2) is 0 Å². The second-order valence-electron chi connectivity index (χ2n) is 4.39. The van der Waals surface area contributed by atoms with Gasteiger partial charge in [-0.1, -0.05) is 6.92 Å². The topological polar surface area (TPSA) is 37.8 Å². The number of thiazole rings is 1. The van der Waals surface area contributed by atoms with Crippen LogP contribution >= 0.6 is 11.3 Å². The molecule has 2 aromatic rings. The molecule has 1 N–H and O–H groups in total. The standard InChI is InChI=1S/C14H19N3S/c1-3-5-15-13(10-14-17-7-8-18-14)12-9-11(2)4-6-16-12/h4,6-9,13,15H,3,5,10H2,1-2H3. The van der Waals surface area contributed by atoms with Crippen molar-refractivity contribution in [3.8, 4) is 0 Å². The van der Waals surface area contributed by atoms with Crippen LogP contribution in [0.5, 0.6) is 0 Å². The number of hydrogen-bond donors (Lipinski definition) is 1. The highest BCUT2D eigenvalue weighted by Crippen LogP contribution is 2.18. The lowest BCUT2D eigenvalue weighted by Gasteiger charge is -2.17. The van der Waals surface area contributed by atoms with Crippen molar-refractivity contribution in [3.05, 3.63) is 46.2 Å². The van der Waals surface area contributed by atoms with Gasteiger partial charge in [-0.05, 0) is 37.6 Å². The summed E-state index contributed by atoms with van der Waals surface area (Å²) in [5.41, 5.74) is 2.36. The second-order valence-corrected chi connectivity index (χ2v) is 5.37. The zero-order chi connectivity index (χ0) is 12.8. The lowest BCUT2D eigenvalue weighted by atomic mass is 10.1. The van der Waals surface area contributed by atoms with E-state index in [9.17, 15) is 0 Å². The first-order chi connectivity index (χ1) is 8.79. The molecule has 0 aliphatic carbocycles. The Morgan fingerprint density at radius 2 is 2.22 bits per heavy atom. The van der Waals surface area contributed by atoms with Gasteiger partial charge in [-0.3, -0.25) is 4.98 Å². The first-order valence-corrected chi connectivity index (χ1v) is 7.22. The first kappa shape index (κ1) is 13.2. The van der Waals surface area contributed by atoms with Gasteiger partial charge in [0.2, 0.25) is 0 Å². The van der Waals surface area contributed by atoms with E-state index < -0.39 is 0 Å². The van der Waals surface area contributed by atoms with E-state index in [1.54, 1.807) is 11.3 Å². The van der Waals surface area contributed by atoms with Crippen LogP contribution in [0.4, 0.5) is 0 Å². The minimum atomic E-state index is 0.260. The van der Waals surface area contributed by atoms with Crippen molar-refractivity contribution in [2.75, 3.05) is 6.54 Å². The van der Waals surface area contributed by atoms with E-state index in [1.165, 1.54) is 5.56 Å². The van der Waals surface area contributed by atoms with Crippen LogP contribution in [0.3, 0.4) is 0 Å². The summed E-state index contributed by atoms with van der Waals surface area (Å²) in [6, 6.07) is 4.45. The van der Waals surface area contributed by atoms with Gasteiger partial charge in [0.25, 0.3) is 0 Å². The summed E-state index contributed by atoms with van der Waals surface area (Å²) < 4.78 is 0. The van der Waals surface area contributed by atoms with Gasteiger partial charge in [-0.15, -0.1) is 11.3 Å². The summed E-state index contributed by atoms with van der Waals surface area (Å²) in [5.74, 6) is 0. The van der Waals surface area contributed by atoms with Crippen LogP contribution in [-0.4, -0.2) is 16.5 Å². The van der Waals surface area contributed by atoms with Crippen molar-refractivity contribution < 1.29 is 0 Å². The summed E-state index contributed by atoms with van der Waals surface area (Å²) >= 11 is 1.70. The quantitative estimate of drug-likeness (QED) is 0.868. The molecular weight excluding hydrogens is 242 g/mol. The first-order valence-electron chi connectivity index (χ1n) is 6.34. The van der Waals surface area contributed by atoms with E-state index >= 15 is 0 Å². The molecule has 1 unspecified atom stereocenters. The monoisotopic (exact) mass is 261 g/mol. The molecule has 96 valence electrons. The zero-order valence-electron chi connectivity index (χ0n) is 10.9. The normalized spacial score (nSPS) is 12.6. The summed E-state index contributed by atoms with van der Waals surface area (Å²) in [7, 11) is 0. The molecule has 0 saturated heterocycles. The number of pyridine rings is 1. The van der Waals surface area contributed by atoms with Crippen molar-refractivity contribution in [2.45, 2.75) is 32.7 Å². The maximum Gasteiger partial charge on any atom is 0.0944 e. The summed E-state index contributed by atoms with van der Waals surface area (Å²) in [5, 5.41) is 6.74. The third-order valence-corrected chi connectivity index (χ3v) is 3.60. The molecule has 0 radical (unpaired) electrons. The van der Waals surface area contributed by atoms with Crippen LogP contribution in [-0.2, 0) is 6.42 Å². The van der Waals surface area contributed by atoms with E-state index in [-0.39, 0.29) is 6.04 Å². The molecule has 0 fully saturated rings. The van der Waals surface area contributed by atoms with E-state index in [2.05, 4.69) is 35.2 Å². The average Bonchev–Trinajstić information content (AvgIpc) is 2.87. The Kier molecular flexibility index (Phi) is 4.84. The van der Waals surface area contributed by atoms with Gasteiger partial charge in [0.05, 0.1) is 16.7 Å². The van der Waals surface area contributed by atoms with E-state index in [1.807, 2.05) is 23.8 Å². The van der Waals surface area contributed by atoms with Gasteiger partial charge in [0.1, 0.15) is 0 Å². The molecule has 0 amide bonds.